The predicted octanol–water partition coefficient (Wildman–Crippen LogP) is 0.724. The summed E-state index contributed by atoms with van der Waals surface area (Å²) in [6, 6.07) is -0.721. The van der Waals surface area contributed by atoms with E-state index in [1.54, 1.807) is 5.38 Å². The van der Waals surface area contributed by atoms with Crippen LogP contribution in [0.5, 0.6) is 0 Å². The van der Waals surface area contributed by atoms with E-state index in [0.29, 0.717) is 31.6 Å². The lowest BCUT2D eigenvalue weighted by molar-refractivity contribution is -0.143. The van der Waals surface area contributed by atoms with E-state index in [4.69, 9.17) is 10.8 Å². The van der Waals surface area contributed by atoms with Crippen molar-refractivity contribution in [2.45, 2.75) is 31.7 Å². The molecular formula is C12H17N3O3S. The minimum atomic E-state index is -0.939. The molecule has 104 valence electrons. The van der Waals surface area contributed by atoms with Crippen molar-refractivity contribution >= 4 is 23.2 Å². The lowest BCUT2D eigenvalue weighted by atomic mass is 10.0. The zero-order valence-electron chi connectivity index (χ0n) is 10.5. The number of amides is 1. The van der Waals surface area contributed by atoms with Crippen molar-refractivity contribution < 1.29 is 14.7 Å². The summed E-state index contributed by atoms with van der Waals surface area (Å²) >= 11 is 1.39. The lowest BCUT2D eigenvalue weighted by Crippen LogP contribution is -2.48. The van der Waals surface area contributed by atoms with Crippen LogP contribution < -0.4 is 5.73 Å². The number of likely N-dealkylation sites (tertiary alicyclic amines) is 1. The number of hydrogen-bond acceptors (Lipinski definition) is 5. The van der Waals surface area contributed by atoms with Gasteiger partial charge >= 0.3 is 5.97 Å². The molecule has 0 bridgehead atoms. The minimum absolute atomic E-state index is 0.286. The van der Waals surface area contributed by atoms with Crippen LogP contribution in [0.15, 0.2) is 5.38 Å². The van der Waals surface area contributed by atoms with E-state index < -0.39 is 12.0 Å². The van der Waals surface area contributed by atoms with Crippen LogP contribution in [0.4, 0.5) is 0 Å². The molecule has 0 unspecified atom stereocenters. The fourth-order valence-corrected chi connectivity index (χ4v) is 3.01. The Kier molecular flexibility index (Phi) is 4.49. The van der Waals surface area contributed by atoms with Gasteiger partial charge in [-0.25, -0.2) is 9.78 Å². The highest BCUT2D eigenvalue weighted by Crippen LogP contribution is 2.21. The average molecular weight is 283 g/mol. The first-order valence-corrected chi connectivity index (χ1v) is 7.19. The molecule has 6 nitrogen and oxygen atoms in total. The smallest absolute Gasteiger partial charge is 0.326 e. The van der Waals surface area contributed by atoms with Crippen LogP contribution in [0, 0.1) is 0 Å². The second-order valence-electron chi connectivity index (χ2n) is 4.51. The Morgan fingerprint density at radius 2 is 2.32 bits per heavy atom. The first-order chi connectivity index (χ1) is 9.13. The van der Waals surface area contributed by atoms with E-state index in [0.717, 1.165) is 17.8 Å². The second kappa shape index (κ2) is 6.12. The molecule has 1 amide bonds. The Bertz CT molecular complexity index is 475. The number of carboxylic acid groups (broad SMARTS) is 1. The van der Waals surface area contributed by atoms with Gasteiger partial charge in [0.25, 0.3) is 5.91 Å². The van der Waals surface area contributed by atoms with Crippen LogP contribution in [0.2, 0.25) is 0 Å². The Morgan fingerprint density at radius 3 is 3.00 bits per heavy atom. The van der Waals surface area contributed by atoms with E-state index in [-0.39, 0.29) is 5.91 Å². The van der Waals surface area contributed by atoms with Gasteiger partial charge in [-0.15, -0.1) is 11.3 Å². The summed E-state index contributed by atoms with van der Waals surface area (Å²) < 4.78 is 0. The van der Waals surface area contributed by atoms with Crippen LogP contribution in [-0.2, 0) is 11.2 Å². The molecule has 3 N–H and O–H groups in total. The van der Waals surface area contributed by atoms with Crippen LogP contribution in [0.3, 0.4) is 0 Å². The van der Waals surface area contributed by atoms with Gasteiger partial charge in [0, 0.05) is 18.3 Å². The van der Waals surface area contributed by atoms with Crippen LogP contribution in [-0.4, -0.2) is 46.0 Å². The maximum absolute atomic E-state index is 12.3. The number of rotatable bonds is 4. The summed E-state index contributed by atoms with van der Waals surface area (Å²) in [5.41, 5.74) is 5.78. The topological polar surface area (TPSA) is 96.5 Å². The average Bonchev–Trinajstić information content (AvgIpc) is 2.87. The van der Waals surface area contributed by atoms with Crippen molar-refractivity contribution in [3.05, 3.63) is 16.1 Å². The van der Waals surface area contributed by atoms with Gasteiger partial charge in [0.15, 0.2) is 0 Å². The molecule has 2 rings (SSSR count). The quantitative estimate of drug-likeness (QED) is 0.849. The van der Waals surface area contributed by atoms with E-state index >= 15 is 0 Å². The molecule has 19 heavy (non-hydrogen) atoms. The fraction of sp³-hybridized carbons (Fsp3) is 0.583. The molecule has 0 radical (unpaired) electrons. The Balaban J connectivity index is 2.14. The molecule has 0 saturated carbocycles. The monoisotopic (exact) mass is 283 g/mol. The van der Waals surface area contributed by atoms with Gasteiger partial charge in [-0.1, -0.05) is 0 Å². The van der Waals surface area contributed by atoms with Gasteiger partial charge in [0.05, 0.1) is 5.01 Å². The van der Waals surface area contributed by atoms with Gasteiger partial charge in [0.1, 0.15) is 11.7 Å². The lowest BCUT2D eigenvalue weighted by Gasteiger charge is -2.32. The van der Waals surface area contributed by atoms with Gasteiger partial charge in [-0.2, -0.15) is 0 Å². The summed E-state index contributed by atoms with van der Waals surface area (Å²) in [7, 11) is 0. The number of carbonyl (C=O) groups is 2. The summed E-state index contributed by atoms with van der Waals surface area (Å²) in [6.45, 7) is 0.974. The number of aliphatic carboxylic acids is 1. The largest absolute Gasteiger partial charge is 0.480 e. The third-order valence-electron chi connectivity index (χ3n) is 3.18. The number of piperidine rings is 1. The van der Waals surface area contributed by atoms with Crippen molar-refractivity contribution in [3.63, 3.8) is 0 Å². The first kappa shape index (κ1) is 14.0. The van der Waals surface area contributed by atoms with Gasteiger partial charge in [0.2, 0.25) is 0 Å². The molecule has 0 spiro atoms. The molecular weight excluding hydrogens is 266 g/mol. The maximum Gasteiger partial charge on any atom is 0.326 e. The zero-order valence-corrected chi connectivity index (χ0v) is 11.4. The molecule has 0 aliphatic carbocycles. The van der Waals surface area contributed by atoms with Gasteiger partial charge in [-0.05, 0) is 25.8 Å². The van der Waals surface area contributed by atoms with Crippen molar-refractivity contribution in [2.24, 2.45) is 5.73 Å². The third-order valence-corrected chi connectivity index (χ3v) is 4.09. The van der Waals surface area contributed by atoms with Crippen LogP contribution in [0.25, 0.3) is 0 Å². The molecule has 2 heterocycles. The Labute approximate surface area is 115 Å². The molecule has 7 heteroatoms. The minimum Gasteiger partial charge on any atom is -0.480 e. The molecule has 0 aromatic carbocycles. The van der Waals surface area contributed by atoms with Crippen molar-refractivity contribution in [2.75, 3.05) is 13.1 Å². The van der Waals surface area contributed by atoms with E-state index in [1.165, 1.54) is 16.2 Å². The van der Waals surface area contributed by atoms with E-state index in [1.807, 2.05) is 0 Å². The summed E-state index contributed by atoms with van der Waals surface area (Å²) in [5, 5.41) is 11.7. The summed E-state index contributed by atoms with van der Waals surface area (Å²) in [5.74, 6) is -1.22. The summed E-state index contributed by atoms with van der Waals surface area (Å²) in [6.07, 6.45) is 2.84. The number of nitrogens with zero attached hydrogens (tertiary/aromatic N) is 2. The van der Waals surface area contributed by atoms with E-state index in [2.05, 4.69) is 4.98 Å². The third kappa shape index (κ3) is 3.10. The highest BCUT2D eigenvalue weighted by Gasteiger charge is 2.33. The molecule has 1 atom stereocenters. The number of nitrogens with two attached hydrogens (primary N) is 1. The van der Waals surface area contributed by atoms with Gasteiger partial charge < -0.3 is 15.7 Å². The molecule has 1 aliphatic heterocycles. The normalized spacial score (nSPS) is 19.4. The number of aromatic nitrogens is 1. The molecule has 1 fully saturated rings. The highest BCUT2D eigenvalue weighted by atomic mass is 32.1. The standard InChI is InChI=1S/C12H17N3O3S/c13-5-4-10-14-8(7-19-10)11(16)15-6-2-1-3-9(15)12(17)18/h7,9H,1-6,13H2,(H,17,18)/t9-/m0/s1. The van der Waals surface area contributed by atoms with Gasteiger partial charge in [-0.3, -0.25) is 4.79 Å². The van der Waals surface area contributed by atoms with Crippen molar-refractivity contribution in [1.82, 2.24) is 9.88 Å². The Morgan fingerprint density at radius 1 is 1.53 bits per heavy atom. The molecule has 1 aromatic rings. The maximum atomic E-state index is 12.3. The van der Waals surface area contributed by atoms with Crippen LogP contribution in [0.1, 0.15) is 34.8 Å². The zero-order chi connectivity index (χ0) is 13.8. The fourth-order valence-electron chi connectivity index (χ4n) is 2.23. The number of thiazole rings is 1. The van der Waals surface area contributed by atoms with Crippen LogP contribution >= 0.6 is 11.3 Å². The summed E-state index contributed by atoms with van der Waals surface area (Å²) in [4.78, 5) is 29.1. The predicted molar refractivity (Wildman–Crippen MR) is 71.2 cm³/mol. The second-order valence-corrected chi connectivity index (χ2v) is 5.46. The number of carboxylic acids is 1. The van der Waals surface area contributed by atoms with Crippen molar-refractivity contribution in [1.29, 1.82) is 0 Å². The number of hydrogen-bond donors (Lipinski definition) is 2. The van der Waals surface area contributed by atoms with Crippen molar-refractivity contribution in [3.8, 4) is 0 Å². The molecule has 1 aliphatic rings. The molecule has 1 saturated heterocycles. The van der Waals surface area contributed by atoms with E-state index in [9.17, 15) is 9.59 Å². The highest BCUT2D eigenvalue weighted by molar-refractivity contribution is 7.09. The number of carbonyl (C=O) groups excluding carboxylic acids is 1. The Hall–Kier alpha value is -1.47. The first-order valence-electron chi connectivity index (χ1n) is 6.31. The molecule has 1 aromatic heterocycles. The SMILES string of the molecule is NCCc1nc(C(=O)N2CCCC[C@H]2C(=O)O)cs1.